The van der Waals surface area contributed by atoms with Crippen molar-refractivity contribution in [2.75, 3.05) is 7.11 Å². The van der Waals surface area contributed by atoms with Crippen LogP contribution in [0.15, 0.2) is 59.5 Å². The number of hydrogen-bond donors (Lipinski definition) is 1. The van der Waals surface area contributed by atoms with Crippen molar-refractivity contribution in [3.05, 3.63) is 60.2 Å². The van der Waals surface area contributed by atoms with Gasteiger partial charge in [-0.25, -0.2) is 13.1 Å². The monoisotopic (exact) mass is 333 g/mol. The van der Waals surface area contributed by atoms with Crippen LogP contribution in [0.1, 0.15) is 32.4 Å². The van der Waals surface area contributed by atoms with Crippen LogP contribution in [0.2, 0.25) is 0 Å². The average Bonchev–Trinajstić information content (AvgIpc) is 2.52. The molecular formula is C18H23NO3S. The Balaban J connectivity index is 2.34. The van der Waals surface area contributed by atoms with Crippen molar-refractivity contribution in [3.63, 3.8) is 0 Å². The zero-order chi connectivity index (χ0) is 17.1. The number of nitrogens with one attached hydrogen (secondary N) is 1. The Morgan fingerprint density at radius 1 is 0.957 bits per heavy atom. The van der Waals surface area contributed by atoms with Gasteiger partial charge in [-0.3, -0.25) is 0 Å². The molecule has 0 aliphatic heterocycles. The molecule has 2 rings (SSSR count). The van der Waals surface area contributed by atoms with Crippen molar-refractivity contribution in [2.24, 2.45) is 5.41 Å². The lowest BCUT2D eigenvalue weighted by atomic mass is 9.83. The van der Waals surface area contributed by atoms with E-state index in [2.05, 4.69) is 4.72 Å². The molecule has 0 saturated heterocycles. The Labute approximate surface area is 138 Å². The number of hydrogen-bond acceptors (Lipinski definition) is 3. The molecule has 0 aromatic heterocycles. The zero-order valence-electron chi connectivity index (χ0n) is 13.9. The second-order valence-corrected chi connectivity index (χ2v) is 8.22. The Hall–Kier alpha value is -1.85. The predicted molar refractivity (Wildman–Crippen MR) is 92.0 cm³/mol. The van der Waals surface area contributed by atoms with Gasteiger partial charge in [0.05, 0.1) is 18.0 Å². The maximum absolute atomic E-state index is 12.7. The van der Waals surface area contributed by atoms with Crippen LogP contribution in [-0.4, -0.2) is 15.5 Å². The summed E-state index contributed by atoms with van der Waals surface area (Å²) in [5.74, 6) is 0.624. The quantitative estimate of drug-likeness (QED) is 0.906. The molecule has 0 amide bonds. The number of methoxy groups -OCH3 is 1. The predicted octanol–water partition coefficient (Wildman–Crippen LogP) is 3.76. The van der Waals surface area contributed by atoms with Crippen LogP contribution < -0.4 is 9.46 Å². The van der Waals surface area contributed by atoms with Crippen molar-refractivity contribution in [2.45, 2.75) is 31.7 Å². The minimum absolute atomic E-state index is 0.225. The standard InChI is InChI=1S/C18H23NO3S/c1-18(2,3)17(14-8-6-5-7-9-14)19-23(20,21)16-12-10-15(22-4)11-13-16/h5-13,17,19H,1-4H3. The van der Waals surface area contributed by atoms with E-state index in [0.717, 1.165) is 5.56 Å². The van der Waals surface area contributed by atoms with E-state index in [-0.39, 0.29) is 16.4 Å². The third-order valence-electron chi connectivity index (χ3n) is 3.64. The molecule has 4 nitrogen and oxygen atoms in total. The molecule has 5 heteroatoms. The van der Waals surface area contributed by atoms with Crippen molar-refractivity contribution in [1.29, 1.82) is 0 Å². The molecule has 1 unspecified atom stereocenters. The summed E-state index contributed by atoms with van der Waals surface area (Å²) in [6, 6.07) is 15.7. The number of sulfonamides is 1. The minimum atomic E-state index is -3.62. The first-order valence-electron chi connectivity index (χ1n) is 7.45. The van der Waals surface area contributed by atoms with Gasteiger partial charge in [0, 0.05) is 0 Å². The van der Waals surface area contributed by atoms with Gasteiger partial charge >= 0.3 is 0 Å². The van der Waals surface area contributed by atoms with Gasteiger partial charge in [0.2, 0.25) is 10.0 Å². The van der Waals surface area contributed by atoms with E-state index in [1.54, 1.807) is 31.4 Å². The normalized spacial score (nSPS) is 13.6. The summed E-state index contributed by atoms with van der Waals surface area (Å²) >= 11 is 0. The third kappa shape index (κ3) is 4.33. The van der Waals surface area contributed by atoms with Gasteiger partial charge in [0.1, 0.15) is 5.75 Å². The summed E-state index contributed by atoms with van der Waals surface area (Å²) in [4.78, 5) is 0.225. The molecule has 2 aromatic carbocycles. The van der Waals surface area contributed by atoms with Gasteiger partial charge in [0.25, 0.3) is 0 Å². The summed E-state index contributed by atoms with van der Waals surface area (Å²) < 4.78 is 33.3. The van der Waals surface area contributed by atoms with Crippen LogP contribution in [0.3, 0.4) is 0 Å². The number of benzene rings is 2. The highest BCUT2D eigenvalue weighted by molar-refractivity contribution is 7.89. The van der Waals surface area contributed by atoms with E-state index >= 15 is 0 Å². The molecule has 0 spiro atoms. The van der Waals surface area contributed by atoms with Gasteiger partial charge in [-0.15, -0.1) is 0 Å². The Morgan fingerprint density at radius 3 is 2.00 bits per heavy atom. The topological polar surface area (TPSA) is 55.4 Å². The Kier molecular flexibility index (Phi) is 5.12. The lowest BCUT2D eigenvalue weighted by Gasteiger charge is -2.31. The average molecular weight is 333 g/mol. The molecule has 0 heterocycles. The van der Waals surface area contributed by atoms with E-state index in [4.69, 9.17) is 4.74 Å². The molecule has 0 bridgehead atoms. The molecule has 124 valence electrons. The van der Waals surface area contributed by atoms with E-state index in [9.17, 15) is 8.42 Å². The summed E-state index contributed by atoms with van der Waals surface area (Å²) in [6.45, 7) is 6.05. The van der Waals surface area contributed by atoms with Gasteiger partial charge in [-0.05, 0) is 35.2 Å². The highest BCUT2D eigenvalue weighted by Gasteiger charge is 2.30. The fourth-order valence-electron chi connectivity index (χ4n) is 2.37. The second-order valence-electron chi connectivity index (χ2n) is 6.51. The van der Waals surface area contributed by atoms with Gasteiger partial charge < -0.3 is 4.74 Å². The molecule has 2 aromatic rings. The molecule has 0 radical (unpaired) electrons. The van der Waals surface area contributed by atoms with E-state index in [0.29, 0.717) is 5.75 Å². The highest BCUT2D eigenvalue weighted by Crippen LogP contribution is 2.34. The smallest absolute Gasteiger partial charge is 0.241 e. The van der Waals surface area contributed by atoms with Crippen molar-refractivity contribution < 1.29 is 13.2 Å². The number of rotatable bonds is 5. The molecule has 0 aliphatic rings. The lowest BCUT2D eigenvalue weighted by molar-refractivity contribution is 0.304. The first-order chi connectivity index (χ1) is 10.7. The number of ether oxygens (including phenoxy) is 1. The third-order valence-corrected chi connectivity index (χ3v) is 5.08. The zero-order valence-corrected chi connectivity index (χ0v) is 14.7. The van der Waals surface area contributed by atoms with Crippen LogP contribution in [0.25, 0.3) is 0 Å². The summed E-state index contributed by atoms with van der Waals surface area (Å²) in [5.41, 5.74) is 0.679. The summed E-state index contributed by atoms with van der Waals surface area (Å²) in [6.07, 6.45) is 0. The summed E-state index contributed by atoms with van der Waals surface area (Å²) in [5, 5.41) is 0. The molecule has 1 atom stereocenters. The molecule has 23 heavy (non-hydrogen) atoms. The van der Waals surface area contributed by atoms with Crippen LogP contribution in [0.4, 0.5) is 0 Å². The van der Waals surface area contributed by atoms with E-state index < -0.39 is 10.0 Å². The van der Waals surface area contributed by atoms with Crippen molar-refractivity contribution in [1.82, 2.24) is 4.72 Å². The van der Waals surface area contributed by atoms with Crippen LogP contribution in [-0.2, 0) is 10.0 Å². The van der Waals surface area contributed by atoms with Crippen molar-refractivity contribution in [3.8, 4) is 5.75 Å². The minimum Gasteiger partial charge on any atom is -0.497 e. The molecule has 1 N–H and O–H groups in total. The van der Waals surface area contributed by atoms with Crippen LogP contribution in [0.5, 0.6) is 5.75 Å². The van der Waals surface area contributed by atoms with Gasteiger partial charge in [0.15, 0.2) is 0 Å². The summed E-state index contributed by atoms with van der Waals surface area (Å²) in [7, 11) is -2.07. The molecule has 0 saturated carbocycles. The highest BCUT2D eigenvalue weighted by atomic mass is 32.2. The lowest BCUT2D eigenvalue weighted by Crippen LogP contribution is -2.36. The van der Waals surface area contributed by atoms with Crippen LogP contribution in [0, 0.1) is 5.41 Å². The van der Waals surface area contributed by atoms with Crippen LogP contribution >= 0.6 is 0 Å². The SMILES string of the molecule is COc1ccc(S(=O)(=O)NC(c2ccccc2)C(C)(C)C)cc1. The maximum Gasteiger partial charge on any atom is 0.241 e. The first kappa shape index (κ1) is 17.5. The first-order valence-corrected chi connectivity index (χ1v) is 8.94. The Bertz CT molecular complexity index is 732. The van der Waals surface area contributed by atoms with E-state index in [1.165, 1.54) is 0 Å². The fraction of sp³-hybridized carbons (Fsp3) is 0.333. The molecule has 0 fully saturated rings. The molecule has 0 aliphatic carbocycles. The maximum atomic E-state index is 12.7. The molecular weight excluding hydrogens is 310 g/mol. The second kappa shape index (κ2) is 6.72. The van der Waals surface area contributed by atoms with E-state index in [1.807, 2.05) is 51.1 Å². The Morgan fingerprint density at radius 2 is 1.52 bits per heavy atom. The van der Waals surface area contributed by atoms with Gasteiger partial charge in [-0.1, -0.05) is 51.1 Å². The fourth-order valence-corrected chi connectivity index (χ4v) is 3.80. The largest absolute Gasteiger partial charge is 0.497 e. The van der Waals surface area contributed by atoms with Gasteiger partial charge in [-0.2, -0.15) is 0 Å². The van der Waals surface area contributed by atoms with Crippen molar-refractivity contribution >= 4 is 10.0 Å².